The average Bonchev–Trinajstić information content (AvgIpc) is 2.46. The van der Waals surface area contributed by atoms with Gasteiger partial charge in [0.2, 0.25) is 10.0 Å². The van der Waals surface area contributed by atoms with E-state index >= 15 is 0 Å². The molecule has 7 heteroatoms. The van der Waals surface area contributed by atoms with Crippen LogP contribution in [-0.4, -0.2) is 30.7 Å². The third kappa shape index (κ3) is 4.21. The molecular weight excluding hydrogens is 295 g/mol. The van der Waals surface area contributed by atoms with Crippen molar-refractivity contribution in [2.75, 3.05) is 6.54 Å². The van der Waals surface area contributed by atoms with E-state index in [4.69, 9.17) is 0 Å². The molecule has 0 atom stereocenters. The second-order valence-corrected chi connectivity index (χ2v) is 7.51. The molecule has 21 heavy (non-hydrogen) atoms. The molecule has 0 spiro atoms. The molecular formula is C14H21FN2O3S. The van der Waals surface area contributed by atoms with Crippen molar-refractivity contribution in [2.24, 2.45) is 5.92 Å². The standard InChI is InChI=1S/C14H21FN2O3S/c1-2-11-3-5-14(18,6-4-11)10-17-21(19,20)13-7-12(15)8-16-9-13/h7-9,11,17-18H,2-6,10H2,1H3. The predicted octanol–water partition coefficient (Wildman–Crippen LogP) is 1.83. The molecule has 2 N–H and O–H groups in total. The van der Waals surface area contributed by atoms with Gasteiger partial charge in [0, 0.05) is 12.7 Å². The maximum Gasteiger partial charge on any atom is 0.242 e. The van der Waals surface area contributed by atoms with Crippen LogP contribution in [0.15, 0.2) is 23.4 Å². The fraction of sp³-hybridized carbons (Fsp3) is 0.643. The number of pyridine rings is 1. The highest BCUT2D eigenvalue weighted by atomic mass is 32.2. The van der Waals surface area contributed by atoms with Crippen molar-refractivity contribution in [3.05, 3.63) is 24.3 Å². The molecule has 1 aromatic heterocycles. The normalized spacial score (nSPS) is 26.7. The van der Waals surface area contributed by atoms with Gasteiger partial charge in [0.25, 0.3) is 0 Å². The number of hydrogen-bond acceptors (Lipinski definition) is 4. The summed E-state index contributed by atoms with van der Waals surface area (Å²) >= 11 is 0. The van der Waals surface area contributed by atoms with E-state index in [0.717, 1.165) is 37.7 Å². The molecule has 1 aliphatic carbocycles. The van der Waals surface area contributed by atoms with E-state index in [1.165, 1.54) is 0 Å². The van der Waals surface area contributed by atoms with Crippen LogP contribution in [0.5, 0.6) is 0 Å². The number of halogens is 1. The second kappa shape index (κ2) is 6.37. The topological polar surface area (TPSA) is 79.3 Å². The van der Waals surface area contributed by atoms with Gasteiger partial charge in [-0.2, -0.15) is 0 Å². The third-order valence-electron chi connectivity index (χ3n) is 4.19. The molecule has 0 aromatic carbocycles. The quantitative estimate of drug-likeness (QED) is 0.868. The van der Waals surface area contributed by atoms with Crippen LogP contribution >= 0.6 is 0 Å². The Morgan fingerprint density at radius 1 is 1.43 bits per heavy atom. The van der Waals surface area contributed by atoms with E-state index in [-0.39, 0.29) is 11.4 Å². The lowest BCUT2D eigenvalue weighted by atomic mass is 9.78. The van der Waals surface area contributed by atoms with E-state index in [1.807, 2.05) is 0 Å². The van der Waals surface area contributed by atoms with Gasteiger partial charge in [0.05, 0.1) is 11.8 Å². The zero-order valence-corrected chi connectivity index (χ0v) is 12.9. The van der Waals surface area contributed by atoms with Crippen LogP contribution in [-0.2, 0) is 10.0 Å². The summed E-state index contributed by atoms with van der Waals surface area (Å²) in [6, 6.07) is 0.910. The third-order valence-corrected chi connectivity index (χ3v) is 5.56. The lowest BCUT2D eigenvalue weighted by molar-refractivity contribution is -0.00442. The van der Waals surface area contributed by atoms with E-state index in [2.05, 4.69) is 16.6 Å². The zero-order chi connectivity index (χ0) is 15.5. The van der Waals surface area contributed by atoms with Gasteiger partial charge in [-0.15, -0.1) is 0 Å². The maximum absolute atomic E-state index is 13.0. The predicted molar refractivity (Wildman–Crippen MR) is 76.6 cm³/mol. The molecule has 0 unspecified atom stereocenters. The molecule has 1 aromatic rings. The summed E-state index contributed by atoms with van der Waals surface area (Å²) in [5, 5.41) is 10.4. The number of aromatic nitrogens is 1. The van der Waals surface area contributed by atoms with Gasteiger partial charge in [-0.1, -0.05) is 13.3 Å². The van der Waals surface area contributed by atoms with Crippen molar-refractivity contribution in [1.82, 2.24) is 9.71 Å². The van der Waals surface area contributed by atoms with Gasteiger partial charge in [-0.25, -0.2) is 17.5 Å². The number of aliphatic hydroxyl groups is 1. The van der Waals surface area contributed by atoms with Crippen LogP contribution in [0.25, 0.3) is 0 Å². The van der Waals surface area contributed by atoms with Crippen LogP contribution in [0.2, 0.25) is 0 Å². The summed E-state index contributed by atoms with van der Waals surface area (Å²) in [7, 11) is -3.85. The number of nitrogens with one attached hydrogen (secondary N) is 1. The van der Waals surface area contributed by atoms with Crippen LogP contribution in [0.3, 0.4) is 0 Å². The first-order valence-electron chi connectivity index (χ1n) is 7.17. The summed E-state index contributed by atoms with van der Waals surface area (Å²) in [4.78, 5) is 3.30. The Labute approximate surface area is 124 Å². The van der Waals surface area contributed by atoms with Gasteiger partial charge in [-0.3, -0.25) is 4.98 Å². The van der Waals surface area contributed by atoms with Crippen molar-refractivity contribution in [3.63, 3.8) is 0 Å². The molecule has 0 radical (unpaired) electrons. The minimum Gasteiger partial charge on any atom is -0.389 e. The van der Waals surface area contributed by atoms with Crippen LogP contribution in [0, 0.1) is 11.7 Å². The molecule has 0 amide bonds. The van der Waals surface area contributed by atoms with E-state index < -0.39 is 21.4 Å². The molecule has 118 valence electrons. The molecule has 0 bridgehead atoms. The average molecular weight is 316 g/mol. The number of hydrogen-bond donors (Lipinski definition) is 2. The molecule has 0 saturated heterocycles. The van der Waals surface area contributed by atoms with Crippen LogP contribution < -0.4 is 4.72 Å². The molecule has 2 rings (SSSR count). The summed E-state index contributed by atoms with van der Waals surface area (Å²) in [6.45, 7) is 2.07. The molecule has 0 aliphatic heterocycles. The SMILES string of the molecule is CCC1CCC(O)(CNS(=O)(=O)c2cncc(F)c2)CC1. The first-order chi connectivity index (χ1) is 9.85. The van der Waals surface area contributed by atoms with Gasteiger partial charge < -0.3 is 5.11 Å². The van der Waals surface area contributed by atoms with Crippen LogP contribution in [0.1, 0.15) is 39.0 Å². The zero-order valence-electron chi connectivity index (χ0n) is 12.0. The van der Waals surface area contributed by atoms with E-state index in [9.17, 15) is 17.9 Å². The van der Waals surface area contributed by atoms with E-state index in [0.29, 0.717) is 18.8 Å². The Hall–Kier alpha value is -1.05. The first-order valence-corrected chi connectivity index (χ1v) is 8.65. The van der Waals surface area contributed by atoms with E-state index in [1.54, 1.807) is 0 Å². The highest BCUT2D eigenvalue weighted by Gasteiger charge is 2.33. The summed E-state index contributed by atoms with van der Waals surface area (Å²) in [5.41, 5.74) is -1.01. The van der Waals surface area contributed by atoms with Gasteiger partial charge >= 0.3 is 0 Å². The second-order valence-electron chi connectivity index (χ2n) is 5.74. The maximum atomic E-state index is 13.0. The van der Waals surface area contributed by atoms with Crippen LogP contribution in [0.4, 0.5) is 4.39 Å². The Balaban J connectivity index is 1.99. The lowest BCUT2D eigenvalue weighted by Gasteiger charge is -2.35. The monoisotopic (exact) mass is 316 g/mol. The Bertz CT molecular complexity index is 584. The lowest BCUT2D eigenvalue weighted by Crippen LogP contribution is -2.45. The van der Waals surface area contributed by atoms with Crippen molar-refractivity contribution >= 4 is 10.0 Å². The number of nitrogens with zero attached hydrogens (tertiary/aromatic N) is 1. The minimum absolute atomic E-state index is 0.0533. The Morgan fingerprint density at radius 2 is 2.10 bits per heavy atom. The largest absolute Gasteiger partial charge is 0.389 e. The van der Waals surface area contributed by atoms with Gasteiger partial charge in [0.1, 0.15) is 10.7 Å². The molecule has 5 nitrogen and oxygen atoms in total. The highest BCUT2D eigenvalue weighted by molar-refractivity contribution is 7.89. The Kier molecular flexibility index (Phi) is 4.95. The molecule has 1 aliphatic rings. The van der Waals surface area contributed by atoms with Gasteiger partial charge in [-0.05, 0) is 37.7 Å². The van der Waals surface area contributed by atoms with Crippen molar-refractivity contribution in [2.45, 2.75) is 49.5 Å². The highest BCUT2D eigenvalue weighted by Crippen LogP contribution is 2.33. The Morgan fingerprint density at radius 3 is 2.67 bits per heavy atom. The first kappa shape index (κ1) is 16.3. The fourth-order valence-corrected chi connectivity index (χ4v) is 3.74. The molecule has 1 heterocycles. The summed E-state index contributed by atoms with van der Waals surface area (Å²) in [6.07, 6.45) is 6.07. The summed E-state index contributed by atoms with van der Waals surface area (Å²) < 4.78 is 39.5. The van der Waals surface area contributed by atoms with Crippen molar-refractivity contribution in [3.8, 4) is 0 Å². The molecule has 1 fully saturated rings. The fourth-order valence-electron chi connectivity index (χ4n) is 2.65. The van der Waals surface area contributed by atoms with Crippen molar-refractivity contribution < 1.29 is 17.9 Å². The summed E-state index contributed by atoms with van der Waals surface area (Å²) in [5.74, 6) is -0.102. The molecule has 1 saturated carbocycles. The number of sulfonamides is 1. The van der Waals surface area contributed by atoms with Gasteiger partial charge in [0.15, 0.2) is 0 Å². The number of rotatable bonds is 5. The van der Waals surface area contributed by atoms with Crippen molar-refractivity contribution in [1.29, 1.82) is 0 Å². The minimum atomic E-state index is -3.85. The smallest absolute Gasteiger partial charge is 0.242 e.